The van der Waals surface area contributed by atoms with Gasteiger partial charge in [-0.3, -0.25) is 4.79 Å². The number of carbonyl (C=O) groups excluding carboxylic acids is 2. The summed E-state index contributed by atoms with van der Waals surface area (Å²) in [6, 6.07) is 12.7. The first kappa shape index (κ1) is 19.9. The van der Waals surface area contributed by atoms with Gasteiger partial charge in [-0.15, -0.1) is 0 Å². The Hall–Kier alpha value is -2.41. The van der Waals surface area contributed by atoms with Crippen LogP contribution in [0.4, 0.5) is 0 Å². The quantitative estimate of drug-likeness (QED) is 0.702. The first-order valence-corrected chi connectivity index (χ1v) is 11.9. The van der Waals surface area contributed by atoms with Crippen LogP contribution < -0.4 is 0 Å². The SMILES string of the molecule is O=C(OCC(=O)N(C1CCCC1)[C@H]1CCS(=O)(=O)C1)c1ccc2ccccc2c1. The van der Waals surface area contributed by atoms with E-state index in [1.54, 1.807) is 17.0 Å². The Kier molecular flexibility index (Phi) is 5.58. The van der Waals surface area contributed by atoms with Crippen LogP contribution in [0.15, 0.2) is 42.5 Å². The number of amides is 1. The molecule has 2 aromatic carbocycles. The van der Waals surface area contributed by atoms with Gasteiger partial charge in [0, 0.05) is 12.1 Å². The van der Waals surface area contributed by atoms with Crippen molar-refractivity contribution in [3.05, 3.63) is 48.0 Å². The van der Waals surface area contributed by atoms with Gasteiger partial charge in [0.2, 0.25) is 0 Å². The first-order chi connectivity index (χ1) is 13.9. The maximum Gasteiger partial charge on any atom is 0.338 e. The van der Waals surface area contributed by atoms with E-state index in [0.717, 1.165) is 36.5 Å². The second-order valence-corrected chi connectivity index (χ2v) is 10.2. The third-order valence-corrected chi connectivity index (χ3v) is 7.67. The third-order valence-electron chi connectivity index (χ3n) is 5.92. The predicted octanol–water partition coefficient (Wildman–Crippen LogP) is 2.95. The number of carbonyl (C=O) groups is 2. The molecule has 6 nitrogen and oxygen atoms in total. The van der Waals surface area contributed by atoms with Gasteiger partial charge in [-0.25, -0.2) is 13.2 Å². The van der Waals surface area contributed by atoms with Crippen molar-refractivity contribution in [3.8, 4) is 0 Å². The summed E-state index contributed by atoms with van der Waals surface area (Å²) < 4.78 is 29.1. The molecule has 7 heteroatoms. The molecule has 1 saturated carbocycles. The van der Waals surface area contributed by atoms with Gasteiger partial charge in [0.15, 0.2) is 16.4 Å². The fraction of sp³-hybridized carbons (Fsp3) is 0.455. The van der Waals surface area contributed by atoms with Crippen LogP contribution in [0.5, 0.6) is 0 Å². The number of benzene rings is 2. The van der Waals surface area contributed by atoms with E-state index in [1.807, 2.05) is 30.3 Å². The molecular formula is C22H25NO5S. The van der Waals surface area contributed by atoms with Gasteiger partial charge in [0.1, 0.15) is 0 Å². The summed E-state index contributed by atoms with van der Waals surface area (Å²) in [7, 11) is -3.10. The summed E-state index contributed by atoms with van der Waals surface area (Å²) in [6.45, 7) is -0.362. The van der Waals surface area contributed by atoms with Crippen LogP contribution in [-0.2, 0) is 19.4 Å². The highest BCUT2D eigenvalue weighted by Crippen LogP contribution is 2.29. The molecular weight excluding hydrogens is 390 g/mol. The van der Waals surface area contributed by atoms with Gasteiger partial charge in [-0.1, -0.05) is 43.2 Å². The second kappa shape index (κ2) is 8.14. The number of hydrogen-bond donors (Lipinski definition) is 0. The van der Waals surface area contributed by atoms with Crippen LogP contribution >= 0.6 is 0 Å². The van der Waals surface area contributed by atoms with Crippen molar-refractivity contribution in [3.63, 3.8) is 0 Å². The molecule has 1 atom stereocenters. The van der Waals surface area contributed by atoms with E-state index >= 15 is 0 Å². The van der Waals surface area contributed by atoms with Crippen LogP contribution in [0.2, 0.25) is 0 Å². The highest BCUT2D eigenvalue weighted by molar-refractivity contribution is 7.91. The normalized spacial score (nSPS) is 21.3. The van der Waals surface area contributed by atoms with Crippen molar-refractivity contribution in [2.45, 2.75) is 44.2 Å². The Morgan fingerprint density at radius 2 is 1.69 bits per heavy atom. The molecule has 1 saturated heterocycles. The van der Waals surface area contributed by atoms with E-state index in [0.29, 0.717) is 12.0 Å². The molecule has 1 aliphatic carbocycles. The minimum Gasteiger partial charge on any atom is -0.452 e. The highest BCUT2D eigenvalue weighted by atomic mass is 32.2. The fourth-order valence-electron chi connectivity index (χ4n) is 4.48. The van der Waals surface area contributed by atoms with Crippen LogP contribution in [0, 0.1) is 0 Å². The Balaban J connectivity index is 1.44. The summed E-state index contributed by atoms with van der Waals surface area (Å²) in [5.41, 5.74) is 0.396. The number of fused-ring (bicyclic) bond motifs is 1. The Bertz CT molecular complexity index is 1030. The number of ether oxygens (including phenoxy) is 1. The summed E-state index contributed by atoms with van der Waals surface area (Å²) in [5, 5.41) is 1.95. The van der Waals surface area contributed by atoms with Crippen LogP contribution in [0.1, 0.15) is 42.5 Å². The Morgan fingerprint density at radius 1 is 0.966 bits per heavy atom. The fourth-order valence-corrected chi connectivity index (χ4v) is 6.20. The molecule has 0 N–H and O–H groups in total. The molecule has 0 radical (unpaired) electrons. The lowest BCUT2D eigenvalue weighted by Crippen LogP contribution is -2.48. The number of rotatable bonds is 5. The molecule has 2 aromatic rings. The topological polar surface area (TPSA) is 80.8 Å². The molecule has 2 aliphatic rings. The molecule has 0 spiro atoms. The van der Waals surface area contributed by atoms with E-state index in [1.165, 1.54) is 0 Å². The van der Waals surface area contributed by atoms with Crippen molar-refractivity contribution in [2.75, 3.05) is 18.1 Å². The Labute approximate surface area is 170 Å². The van der Waals surface area contributed by atoms with Crippen molar-refractivity contribution < 1.29 is 22.7 Å². The van der Waals surface area contributed by atoms with E-state index in [4.69, 9.17) is 4.74 Å². The lowest BCUT2D eigenvalue weighted by atomic mass is 10.1. The second-order valence-electron chi connectivity index (χ2n) is 7.93. The molecule has 1 aliphatic heterocycles. The molecule has 0 unspecified atom stereocenters. The Morgan fingerprint density at radius 3 is 2.38 bits per heavy atom. The monoisotopic (exact) mass is 415 g/mol. The van der Waals surface area contributed by atoms with E-state index in [2.05, 4.69) is 0 Å². The summed E-state index contributed by atoms with van der Waals surface area (Å²) in [4.78, 5) is 27.1. The molecule has 0 bridgehead atoms. The van der Waals surface area contributed by atoms with Gasteiger partial charge in [0.25, 0.3) is 5.91 Å². The molecule has 29 heavy (non-hydrogen) atoms. The van der Waals surface area contributed by atoms with Crippen LogP contribution in [0.25, 0.3) is 10.8 Å². The zero-order valence-electron chi connectivity index (χ0n) is 16.2. The van der Waals surface area contributed by atoms with Gasteiger partial charge in [0.05, 0.1) is 17.1 Å². The number of hydrogen-bond acceptors (Lipinski definition) is 5. The van der Waals surface area contributed by atoms with Crippen molar-refractivity contribution in [1.29, 1.82) is 0 Å². The smallest absolute Gasteiger partial charge is 0.338 e. The minimum atomic E-state index is -3.10. The number of esters is 1. The molecule has 154 valence electrons. The summed E-state index contributed by atoms with van der Waals surface area (Å²) in [6.07, 6.45) is 4.28. The zero-order chi connectivity index (χ0) is 20.4. The van der Waals surface area contributed by atoms with Gasteiger partial charge >= 0.3 is 5.97 Å². The van der Waals surface area contributed by atoms with Crippen molar-refractivity contribution in [2.24, 2.45) is 0 Å². The lowest BCUT2D eigenvalue weighted by molar-refractivity contribution is -0.139. The van der Waals surface area contributed by atoms with Gasteiger partial charge in [-0.05, 0) is 42.2 Å². The maximum atomic E-state index is 12.9. The number of nitrogens with zero attached hydrogens (tertiary/aromatic N) is 1. The number of sulfone groups is 1. The van der Waals surface area contributed by atoms with Crippen LogP contribution in [-0.4, -0.2) is 55.4 Å². The predicted molar refractivity (Wildman–Crippen MR) is 110 cm³/mol. The molecule has 2 fully saturated rings. The van der Waals surface area contributed by atoms with Crippen LogP contribution in [0.3, 0.4) is 0 Å². The maximum absolute atomic E-state index is 12.9. The van der Waals surface area contributed by atoms with E-state index in [9.17, 15) is 18.0 Å². The highest BCUT2D eigenvalue weighted by Gasteiger charge is 2.39. The van der Waals surface area contributed by atoms with Gasteiger partial charge < -0.3 is 9.64 Å². The summed E-state index contributed by atoms with van der Waals surface area (Å²) >= 11 is 0. The lowest BCUT2D eigenvalue weighted by Gasteiger charge is -2.33. The van der Waals surface area contributed by atoms with E-state index in [-0.39, 0.29) is 36.1 Å². The molecule has 1 amide bonds. The van der Waals surface area contributed by atoms with E-state index < -0.39 is 15.8 Å². The summed E-state index contributed by atoms with van der Waals surface area (Å²) in [5.74, 6) is -0.721. The standard InChI is InChI=1S/C22H25NO5S/c24-21(23(19-7-3-4-8-19)20-11-12-29(26,27)15-20)14-28-22(25)18-10-9-16-5-1-2-6-17(16)13-18/h1-2,5-6,9-10,13,19-20H,3-4,7-8,11-12,14-15H2/t20-/m0/s1. The van der Waals surface area contributed by atoms with Crippen molar-refractivity contribution >= 4 is 32.5 Å². The third kappa shape index (κ3) is 4.45. The zero-order valence-corrected chi connectivity index (χ0v) is 17.1. The molecule has 4 rings (SSSR count). The average Bonchev–Trinajstić information content (AvgIpc) is 3.36. The minimum absolute atomic E-state index is 0.00780. The largest absolute Gasteiger partial charge is 0.452 e. The first-order valence-electron chi connectivity index (χ1n) is 10.1. The molecule has 0 aromatic heterocycles. The average molecular weight is 416 g/mol. The molecule has 1 heterocycles. The van der Waals surface area contributed by atoms with Crippen molar-refractivity contribution in [1.82, 2.24) is 4.90 Å². The van der Waals surface area contributed by atoms with Gasteiger partial charge in [-0.2, -0.15) is 0 Å².